The Morgan fingerprint density at radius 1 is 1.62 bits per heavy atom. The van der Waals surface area contributed by atoms with E-state index in [1.165, 1.54) is 6.92 Å². The highest BCUT2D eigenvalue weighted by Gasteiger charge is 1.90. The summed E-state index contributed by atoms with van der Waals surface area (Å²) in [4.78, 5) is 9.60. The first-order valence-electron chi connectivity index (χ1n) is 1.86. The number of hydrogen-bond acceptors (Lipinski definition) is 1. The summed E-state index contributed by atoms with van der Waals surface area (Å²) in [7, 11) is 0. The lowest BCUT2D eigenvalue weighted by Crippen LogP contribution is -1.92. The highest BCUT2D eigenvalue weighted by molar-refractivity contribution is 5.84. The summed E-state index contributed by atoms with van der Waals surface area (Å²) in [5.41, 5.74) is 0.176. The van der Waals surface area contributed by atoms with Gasteiger partial charge in [-0.15, -0.1) is 12.8 Å². The van der Waals surface area contributed by atoms with E-state index in [0.29, 0.717) is 0 Å². The zero-order valence-electron chi connectivity index (χ0n) is 4.72. The van der Waals surface area contributed by atoms with Crippen molar-refractivity contribution in [3.63, 3.8) is 0 Å². The largest absolute Gasteiger partial charge is 0.478 e. The van der Waals surface area contributed by atoms with Gasteiger partial charge in [-0.3, -0.25) is 0 Å². The van der Waals surface area contributed by atoms with Crippen molar-refractivity contribution >= 4 is 5.97 Å². The number of hydrogen-bond donors (Lipinski definition) is 1. The maximum atomic E-state index is 9.60. The molecule has 1 N–H and O–H groups in total. The molecule has 0 radical (unpaired) electrons. The molecular weight excluding hydrogens is 104 g/mol. The van der Waals surface area contributed by atoms with Crippen LogP contribution in [-0.4, -0.2) is 11.1 Å². The summed E-state index contributed by atoms with van der Waals surface area (Å²) >= 11 is 0. The topological polar surface area (TPSA) is 37.3 Å². The average Bonchev–Trinajstić information content (AvgIpc) is 1.72. The van der Waals surface area contributed by atoms with E-state index in [2.05, 4.69) is 19.4 Å². The molecule has 0 aromatic rings. The van der Waals surface area contributed by atoms with Gasteiger partial charge in [0.1, 0.15) is 0 Å². The second-order valence-electron chi connectivity index (χ2n) is 1.09. The van der Waals surface area contributed by atoms with Gasteiger partial charge < -0.3 is 5.11 Å². The minimum atomic E-state index is -0.935. The van der Waals surface area contributed by atoms with Crippen LogP contribution in [0.5, 0.6) is 0 Å². The van der Waals surface area contributed by atoms with E-state index in [1.54, 1.807) is 0 Å². The summed E-state index contributed by atoms with van der Waals surface area (Å²) in [6, 6.07) is 0. The molecule has 0 bridgehead atoms. The predicted molar refractivity (Wildman–Crippen MR) is 32.3 cm³/mol. The van der Waals surface area contributed by atoms with Gasteiger partial charge in [0, 0.05) is 5.57 Å². The van der Waals surface area contributed by atoms with E-state index in [-0.39, 0.29) is 5.57 Å². The number of carbonyl (C=O) groups is 1. The maximum Gasteiger partial charge on any atom is 0.330 e. The van der Waals surface area contributed by atoms with Crippen molar-refractivity contribution in [2.45, 2.75) is 6.92 Å². The van der Waals surface area contributed by atoms with Crippen LogP contribution >= 0.6 is 0 Å². The summed E-state index contributed by atoms with van der Waals surface area (Å²) < 4.78 is 0. The molecule has 0 aliphatic carbocycles. The van der Waals surface area contributed by atoms with E-state index >= 15 is 0 Å². The van der Waals surface area contributed by atoms with Crippen LogP contribution in [0, 0.1) is 12.8 Å². The smallest absolute Gasteiger partial charge is 0.330 e. The van der Waals surface area contributed by atoms with E-state index in [1.807, 2.05) is 0 Å². The van der Waals surface area contributed by atoms with E-state index in [9.17, 15) is 4.79 Å². The SMILES string of the molecule is C#C.C=C(C)C(=O)O. The molecule has 0 spiro atoms. The molecule has 0 aromatic carbocycles. The first-order valence-corrected chi connectivity index (χ1v) is 1.86. The highest BCUT2D eigenvalue weighted by atomic mass is 16.4. The van der Waals surface area contributed by atoms with Gasteiger partial charge in [-0.1, -0.05) is 6.58 Å². The predicted octanol–water partition coefficient (Wildman–Crippen LogP) is 0.897. The molecule has 0 saturated carbocycles. The summed E-state index contributed by atoms with van der Waals surface area (Å²) in [5.74, 6) is -0.935. The third-order valence-electron chi connectivity index (χ3n) is 0.365. The zero-order chi connectivity index (χ0) is 7.15. The summed E-state index contributed by atoms with van der Waals surface area (Å²) in [6.07, 6.45) is 8.00. The monoisotopic (exact) mass is 112 g/mol. The number of rotatable bonds is 1. The lowest BCUT2D eigenvalue weighted by Gasteiger charge is -1.79. The fourth-order valence-electron chi connectivity index (χ4n) is 0. The molecule has 2 nitrogen and oxygen atoms in total. The first-order chi connectivity index (χ1) is 3.64. The molecule has 0 atom stereocenters. The summed E-state index contributed by atoms with van der Waals surface area (Å²) in [6.45, 7) is 4.60. The van der Waals surface area contributed by atoms with Crippen molar-refractivity contribution in [2.24, 2.45) is 0 Å². The van der Waals surface area contributed by atoms with Crippen molar-refractivity contribution < 1.29 is 9.90 Å². The number of carboxylic acid groups (broad SMARTS) is 1. The Balaban J connectivity index is 0. The van der Waals surface area contributed by atoms with Crippen molar-refractivity contribution in [3.05, 3.63) is 12.2 Å². The second kappa shape index (κ2) is 5.77. The Morgan fingerprint density at radius 2 is 1.75 bits per heavy atom. The Morgan fingerprint density at radius 3 is 1.75 bits per heavy atom. The van der Waals surface area contributed by atoms with Crippen LogP contribution in [0.15, 0.2) is 12.2 Å². The Labute approximate surface area is 48.8 Å². The minimum absolute atomic E-state index is 0.176. The molecule has 0 aliphatic heterocycles. The molecular formula is C6H8O2. The van der Waals surface area contributed by atoms with Gasteiger partial charge in [-0.25, -0.2) is 4.79 Å². The van der Waals surface area contributed by atoms with Crippen LogP contribution in [0.2, 0.25) is 0 Å². The minimum Gasteiger partial charge on any atom is -0.478 e. The lowest BCUT2D eigenvalue weighted by atomic mass is 10.4. The van der Waals surface area contributed by atoms with Crippen LogP contribution in [0.25, 0.3) is 0 Å². The average molecular weight is 112 g/mol. The molecule has 0 heterocycles. The van der Waals surface area contributed by atoms with Crippen LogP contribution < -0.4 is 0 Å². The fraction of sp³-hybridized carbons (Fsp3) is 0.167. The van der Waals surface area contributed by atoms with Gasteiger partial charge in [0.2, 0.25) is 0 Å². The second-order valence-corrected chi connectivity index (χ2v) is 1.09. The third kappa shape index (κ3) is 8.84. The van der Waals surface area contributed by atoms with Crippen LogP contribution in [0.3, 0.4) is 0 Å². The van der Waals surface area contributed by atoms with Crippen molar-refractivity contribution in [1.29, 1.82) is 0 Å². The molecule has 0 aromatic heterocycles. The van der Waals surface area contributed by atoms with Crippen molar-refractivity contribution in [2.75, 3.05) is 0 Å². The number of terminal acetylenes is 1. The lowest BCUT2D eigenvalue weighted by molar-refractivity contribution is -0.132. The molecule has 0 rings (SSSR count). The fourth-order valence-corrected chi connectivity index (χ4v) is 0. The zero-order valence-corrected chi connectivity index (χ0v) is 4.72. The Kier molecular flexibility index (Phi) is 7.14. The quantitative estimate of drug-likeness (QED) is 0.404. The Bertz CT molecular complexity index is 98.9. The molecule has 0 fully saturated rings. The van der Waals surface area contributed by atoms with E-state index in [4.69, 9.17) is 5.11 Å². The summed E-state index contributed by atoms with van der Waals surface area (Å²) in [5, 5.41) is 7.89. The molecule has 2 heteroatoms. The van der Waals surface area contributed by atoms with Crippen LogP contribution in [0.1, 0.15) is 6.92 Å². The highest BCUT2D eigenvalue weighted by Crippen LogP contribution is 1.81. The standard InChI is InChI=1S/C4H6O2.C2H2/c1-3(2)4(5)6;1-2/h1H2,2H3,(H,5,6);1-2H. The molecule has 0 unspecified atom stereocenters. The van der Waals surface area contributed by atoms with E-state index < -0.39 is 5.97 Å². The molecule has 0 aliphatic rings. The molecule has 0 amide bonds. The van der Waals surface area contributed by atoms with Crippen LogP contribution in [0.4, 0.5) is 0 Å². The van der Waals surface area contributed by atoms with E-state index in [0.717, 1.165) is 0 Å². The van der Waals surface area contributed by atoms with Crippen molar-refractivity contribution in [1.82, 2.24) is 0 Å². The molecule has 44 valence electrons. The van der Waals surface area contributed by atoms with Gasteiger partial charge in [0.05, 0.1) is 0 Å². The maximum absolute atomic E-state index is 9.60. The van der Waals surface area contributed by atoms with Crippen molar-refractivity contribution in [3.8, 4) is 12.8 Å². The van der Waals surface area contributed by atoms with Gasteiger partial charge in [0.25, 0.3) is 0 Å². The first kappa shape index (κ1) is 9.91. The van der Waals surface area contributed by atoms with Crippen LogP contribution in [-0.2, 0) is 4.79 Å². The van der Waals surface area contributed by atoms with Gasteiger partial charge in [0.15, 0.2) is 0 Å². The normalized spacial score (nSPS) is 5.88. The third-order valence-corrected chi connectivity index (χ3v) is 0.365. The molecule has 0 saturated heterocycles. The number of carboxylic acids is 1. The molecule has 8 heavy (non-hydrogen) atoms. The van der Waals surface area contributed by atoms with Gasteiger partial charge in [-0.05, 0) is 6.92 Å². The number of aliphatic carboxylic acids is 1. The Hall–Kier alpha value is -1.23. The van der Waals surface area contributed by atoms with Gasteiger partial charge in [-0.2, -0.15) is 0 Å². The van der Waals surface area contributed by atoms with Gasteiger partial charge >= 0.3 is 5.97 Å².